The van der Waals surface area contributed by atoms with E-state index < -0.39 is 0 Å². The lowest BCUT2D eigenvalue weighted by Gasteiger charge is -2.10. The predicted octanol–water partition coefficient (Wildman–Crippen LogP) is 5.93. The molecule has 21 heavy (non-hydrogen) atoms. The summed E-state index contributed by atoms with van der Waals surface area (Å²) in [6.45, 7) is 13.0. The molecule has 0 aliphatic heterocycles. The van der Waals surface area contributed by atoms with Crippen molar-refractivity contribution in [2.75, 3.05) is 0 Å². The molecular weight excluding hydrogens is 254 g/mol. The van der Waals surface area contributed by atoms with Gasteiger partial charge in [-0.2, -0.15) is 0 Å². The molecule has 1 aromatic heterocycles. The number of hydrogen-bond acceptors (Lipinski definition) is 1. The minimum Gasteiger partial charge on any atom is -0.248 e. The van der Waals surface area contributed by atoms with Crippen LogP contribution in [0.3, 0.4) is 0 Å². The lowest BCUT2D eigenvalue weighted by Crippen LogP contribution is -1.95. The topological polar surface area (TPSA) is 12.9 Å². The van der Waals surface area contributed by atoms with Gasteiger partial charge in [0, 0.05) is 5.56 Å². The largest absolute Gasteiger partial charge is 0.248 e. The van der Waals surface area contributed by atoms with Gasteiger partial charge in [0.2, 0.25) is 0 Å². The van der Waals surface area contributed by atoms with Crippen LogP contribution in [0, 0.1) is 5.92 Å². The van der Waals surface area contributed by atoms with Crippen molar-refractivity contribution in [1.82, 2.24) is 4.98 Å². The van der Waals surface area contributed by atoms with Crippen molar-refractivity contribution in [2.24, 2.45) is 5.92 Å². The fraction of sp³-hybridized carbons (Fsp3) is 0.350. The standard InChI is InChI=1S/C20H25N/c1-14(2)13-16(5)19-7-6-8-20(21-19)18-11-9-17(10-12-18)15(3)4/h6-12,14-15H,5,13H2,1-4H3. The Morgan fingerprint density at radius 3 is 2.24 bits per heavy atom. The Labute approximate surface area is 128 Å². The van der Waals surface area contributed by atoms with E-state index in [-0.39, 0.29) is 0 Å². The Balaban J connectivity index is 2.26. The zero-order chi connectivity index (χ0) is 15.4. The van der Waals surface area contributed by atoms with Crippen LogP contribution in [0.4, 0.5) is 0 Å². The van der Waals surface area contributed by atoms with E-state index in [1.54, 1.807) is 0 Å². The third-order valence-corrected chi connectivity index (χ3v) is 3.64. The van der Waals surface area contributed by atoms with E-state index in [2.05, 4.69) is 76.7 Å². The first-order chi connectivity index (χ1) is 9.97. The zero-order valence-corrected chi connectivity index (χ0v) is 13.6. The molecule has 2 rings (SSSR count). The fourth-order valence-electron chi connectivity index (χ4n) is 2.43. The first-order valence-corrected chi connectivity index (χ1v) is 7.73. The highest BCUT2D eigenvalue weighted by Gasteiger charge is 2.06. The Morgan fingerprint density at radius 2 is 1.67 bits per heavy atom. The van der Waals surface area contributed by atoms with Crippen molar-refractivity contribution in [3.05, 3.63) is 60.3 Å². The van der Waals surface area contributed by atoms with Crippen molar-refractivity contribution < 1.29 is 0 Å². The molecule has 0 spiro atoms. The molecule has 2 aromatic rings. The van der Waals surface area contributed by atoms with Crippen LogP contribution in [0.1, 0.15) is 51.3 Å². The average molecular weight is 279 g/mol. The number of nitrogens with zero attached hydrogens (tertiary/aromatic N) is 1. The van der Waals surface area contributed by atoms with Crippen LogP contribution >= 0.6 is 0 Å². The molecule has 0 aliphatic carbocycles. The van der Waals surface area contributed by atoms with Gasteiger partial charge in [0.05, 0.1) is 11.4 Å². The van der Waals surface area contributed by atoms with Gasteiger partial charge in [-0.25, -0.2) is 4.98 Å². The Bertz CT molecular complexity index is 606. The molecule has 0 unspecified atom stereocenters. The molecule has 0 fully saturated rings. The second-order valence-electron chi connectivity index (χ2n) is 6.39. The predicted molar refractivity (Wildman–Crippen MR) is 92.3 cm³/mol. The normalized spacial score (nSPS) is 11.1. The summed E-state index contributed by atoms with van der Waals surface area (Å²) in [4.78, 5) is 4.77. The summed E-state index contributed by atoms with van der Waals surface area (Å²) in [6.07, 6.45) is 0.989. The number of rotatable bonds is 5. The highest BCUT2D eigenvalue weighted by Crippen LogP contribution is 2.24. The summed E-state index contributed by atoms with van der Waals surface area (Å²) >= 11 is 0. The summed E-state index contributed by atoms with van der Waals surface area (Å²) in [7, 11) is 0. The van der Waals surface area contributed by atoms with E-state index in [1.807, 2.05) is 0 Å². The molecule has 0 N–H and O–H groups in total. The van der Waals surface area contributed by atoms with E-state index in [9.17, 15) is 0 Å². The van der Waals surface area contributed by atoms with Gasteiger partial charge in [0.15, 0.2) is 0 Å². The van der Waals surface area contributed by atoms with Gasteiger partial charge >= 0.3 is 0 Å². The van der Waals surface area contributed by atoms with Crippen molar-refractivity contribution in [1.29, 1.82) is 0 Å². The van der Waals surface area contributed by atoms with Gasteiger partial charge in [-0.15, -0.1) is 0 Å². The number of allylic oxidation sites excluding steroid dienone is 1. The molecule has 1 heterocycles. The molecule has 1 aromatic carbocycles. The van der Waals surface area contributed by atoms with Gasteiger partial charge < -0.3 is 0 Å². The summed E-state index contributed by atoms with van der Waals surface area (Å²) < 4.78 is 0. The maximum Gasteiger partial charge on any atom is 0.0709 e. The average Bonchev–Trinajstić information content (AvgIpc) is 2.47. The van der Waals surface area contributed by atoms with Crippen LogP contribution in [0.5, 0.6) is 0 Å². The molecule has 0 saturated carbocycles. The van der Waals surface area contributed by atoms with Crippen molar-refractivity contribution in [3.63, 3.8) is 0 Å². The zero-order valence-electron chi connectivity index (χ0n) is 13.6. The van der Waals surface area contributed by atoms with Crippen molar-refractivity contribution in [3.8, 4) is 11.3 Å². The summed E-state index contributed by atoms with van der Waals surface area (Å²) in [6, 6.07) is 14.9. The Morgan fingerprint density at radius 1 is 1.00 bits per heavy atom. The van der Waals surface area contributed by atoms with E-state index in [4.69, 9.17) is 4.98 Å². The lowest BCUT2D eigenvalue weighted by molar-refractivity contribution is 0.673. The molecule has 1 heteroatoms. The molecule has 0 atom stereocenters. The van der Waals surface area contributed by atoms with Gasteiger partial charge in [0.25, 0.3) is 0 Å². The van der Waals surface area contributed by atoms with Crippen molar-refractivity contribution in [2.45, 2.75) is 40.0 Å². The smallest absolute Gasteiger partial charge is 0.0709 e. The highest BCUT2D eigenvalue weighted by molar-refractivity contribution is 5.65. The quantitative estimate of drug-likeness (QED) is 0.661. The molecule has 0 aliphatic rings. The van der Waals surface area contributed by atoms with Crippen LogP contribution in [0.25, 0.3) is 16.8 Å². The summed E-state index contributed by atoms with van der Waals surface area (Å²) in [5.74, 6) is 1.16. The van der Waals surface area contributed by atoms with Gasteiger partial charge in [0.1, 0.15) is 0 Å². The summed E-state index contributed by atoms with van der Waals surface area (Å²) in [5.41, 5.74) is 5.67. The number of aromatic nitrogens is 1. The van der Waals surface area contributed by atoms with Crippen LogP contribution in [0.2, 0.25) is 0 Å². The molecule has 0 saturated heterocycles. The van der Waals surface area contributed by atoms with E-state index >= 15 is 0 Å². The Kier molecular flexibility index (Phi) is 4.95. The third kappa shape index (κ3) is 4.04. The number of benzene rings is 1. The Hall–Kier alpha value is -1.89. The molecule has 0 bridgehead atoms. The molecule has 0 radical (unpaired) electrons. The molecular formula is C20H25N. The van der Waals surface area contributed by atoms with E-state index in [0.717, 1.165) is 23.4 Å². The van der Waals surface area contributed by atoms with E-state index in [1.165, 1.54) is 11.1 Å². The molecule has 1 nitrogen and oxygen atoms in total. The van der Waals surface area contributed by atoms with Crippen molar-refractivity contribution >= 4 is 5.57 Å². The van der Waals surface area contributed by atoms with Crippen LogP contribution in [-0.4, -0.2) is 4.98 Å². The second-order valence-corrected chi connectivity index (χ2v) is 6.39. The fourth-order valence-corrected chi connectivity index (χ4v) is 2.43. The first kappa shape index (κ1) is 15.5. The van der Waals surface area contributed by atoms with Gasteiger partial charge in [-0.3, -0.25) is 0 Å². The molecule has 0 amide bonds. The summed E-state index contributed by atoms with van der Waals surface area (Å²) in [5, 5.41) is 0. The van der Waals surface area contributed by atoms with Crippen LogP contribution < -0.4 is 0 Å². The number of hydrogen-bond donors (Lipinski definition) is 0. The third-order valence-electron chi connectivity index (χ3n) is 3.64. The minimum absolute atomic E-state index is 0.559. The van der Waals surface area contributed by atoms with Gasteiger partial charge in [-0.1, -0.05) is 64.6 Å². The van der Waals surface area contributed by atoms with Crippen LogP contribution in [0.15, 0.2) is 49.0 Å². The van der Waals surface area contributed by atoms with Gasteiger partial charge in [-0.05, 0) is 41.5 Å². The number of pyridine rings is 1. The van der Waals surface area contributed by atoms with E-state index in [0.29, 0.717) is 11.8 Å². The minimum atomic E-state index is 0.559. The van der Waals surface area contributed by atoms with Crippen LogP contribution in [-0.2, 0) is 0 Å². The lowest BCUT2D eigenvalue weighted by atomic mass is 9.99. The monoisotopic (exact) mass is 279 g/mol. The second kappa shape index (κ2) is 6.71. The maximum absolute atomic E-state index is 4.77. The maximum atomic E-state index is 4.77. The SMILES string of the molecule is C=C(CC(C)C)c1cccc(-c2ccc(C(C)C)cc2)n1. The highest BCUT2D eigenvalue weighted by atomic mass is 14.7. The first-order valence-electron chi connectivity index (χ1n) is 7.73. The molecule has 110 valence electrons.